The van der Waals surface area contributed by atoms with Crippen LogP contribution in [0.3, 0.4) is 0 Å². The fourth-order valence-electron chi connectivity index (χ4n) is 5.17. The monoisotopic (exact) mass is 828 g/mol. The number of furan rings is 1. The summed E-state index contributed by atoms with van der Waals surface area (Å²) in [5.41, 5.74) is 8.57. The summed E-state index contributed by atoms with van der Waals surface area (Å²) in [5.74, 6) is 6.47. The van der Waals surface area contributed by atoms with Crippen LogP contribution in [-0.4, -0.2) is 23.2 Å². The van der Waals surface area contributed by atoms with E-state index < -0.39 is 19.2 Å². The molecule has 227 valence electrons. The standard InChI is InChI=1S/C26H20NO.C14H16GeN.Ir/c1-17(2)19-13-14-27-24(15-19)20-11-12-22-23-10-6-9-21(18-7-4-3-5-8-18)26(23)28-25(22)16-20;1-15(2,3)13-9-10-14(16-11-13)12-7-5-4-6-8-12;/h3-10,12-17H,1-2H3;4-7,9-11H,1-3H3;/q2*-1;/i17D;;. The summed E-state index contributed by atoms with van der Waals surface area (Å²) in [7, 11) is 0. The van der Waals surface area contributed by atoms with Gasteiger partial charge in [-0.3, -0.25) is 0 Å². The number of benzene rings is 4. The third kappa shape index (κ3) is 7.36. The van der Waals surface area contributed by atoms with Crippen LogP contribution < -0.4 is 4.40 Å². The van der Waals surface area contributed by atoms with Gasteiger partial charge >= 0.3 is 99.8 Å². The first kappa shape index (κ1) is 31.2. The van der Waals surface area contributed by atoms with Crippen LogP contribution in [0.25, 0.3) is 55.6 Å². The van der Waals surface area contributed by atoms with E-state index in [1.165, 1.54) is 4.40 Å². The van der Waals surface area contributed by atoms with Gasteiger partial charge in [-0.05, 0) is 28.6 Å². The quantitative estimate of drug-likeness (QED) is 0.128. The summed E-state index contributed by atoms with van der Waals surface area (Å²) in [5, 5.41) is 2.12. The van der Waals surface area contributed by atoms with Crippen molar-refractivity contribution >= 4 is 39.6 Å². The maximum Gasteiger partial charge on any atom is 0 e. The maximum atomic E-state index is 8.29. The Morgan fingerprint density at radius 2 is 1.56 bits per heavy atom. The van der Waals surface area contributed by atoms with E-state index >= 15 is 0 Å². The molecule has 0 bridgehead atoms. The molecule has 0 spiro atoms. The number of fused-ring (bicyclic) bond motifs is 3. The van der Waals surface area contributed by atoms with E-state index in [-0.39, 0.29) is 20.1 Å². The number of hydrogen-bond acceptors (Lipinski definition) is 3. The molecule has 0 aliphatic rings. The van der Waals surface area contributed by atoms with E-state index in [1.54, 1.807) is 6.20 Å². The summed E-state index contributed by atoms with van der Waals surface area (Å²) in [6.45, 7) is 3.76. The zero-order valence-corrected chi connectivity index (χ0v) is 30.7. The molecule has 0 unspecified atom stereocenters. The minimum absolute atomic E-state index is 0. The van der Waals surface area contributed by atoms with Gasteiger partial charge < -0.3 is 9.40 Å². The fraction of sp³-hybridized carbons (Fsp3) is 0.150. The van der Waals surface area contributed by atoms with E-state index in [1.807, 2.05) is 86.8 Å². The molecule has 3 nitrogen and oxygen atoms in total. The molecule has 4 aromatic carbocycles. The average molecular weight is 827 g/mol. The zero-order valence-electron chi connectivity index (χ0n) is 27.2. The predicted molar refractivity (Wildman–Crippen MR) is 187 cm³/mol. The molecule has 7 aromatic rings. The van der Waals surface area contributed by atoms with Gasteiger partial charge in [0.05, 0.1) is 5.58 Å². The van der Waals surface area contributed by atoms with E-state index in [9.17, 15) is 0 Å². The molecule has 0 aliphatic carbocycles. The normalized spacial score (nSPS) is 11.8. The fourth-order valence-corrected chi connectivity index (χ4v) is 7.34. The van der Waals surface area contributed by atoms with Gasteiger partial charge in [0.2, 0.25) is 0 Å². The Hall–Kier alpha value is -3.83. The van der Waals surface area contributed by atoms with Crippen molar-refractivity contribution in [2.24, 2.45) is 0 Å². The van der Waals surface area contributed by atoms with Crippen LogP contribution in [0.1, 0.15) is 26.7 Å². The largest absolute Gasteiger partial charge is 0 e. The van der Waals surface area contributed by atoms with Crippen molar-refractivity contribution in [3.8, 4) is 33.6 Å². The smallest absolute Gasteiger partial charge is 0 e. The van der Waals surface area contributed by atoms with Crippen molar-refractivity contribution in [1.82, 2.24) is 9.97 Å². The summed E-state index contributed by atoms with van der Waals surface area (Å²) in [6.07, 6.45) is 3.79. The van der Waals surface area contributed by atoms with Gasteiger partial charge in [-0.25, -0.2) is 0 Å². The molecular formula is C40H36GeIrN2O-2. The van der Waals surface area contributed by atoms with Crippen molar-refractivity contribution in [2.75, 3.05) is 0 Å². The van der Waals surface area contributed by atoms with E-state index in [0.29, 0.717) is 0 Å². The molecule has 1 radical (unpaired) electrons. The van der Waals surface area contributed by atoms with Gasteiger partial charge in [-0.15, -0.1) is 17.7 Å². The second kappa shape index (κ2) is 14.1. The zero-order chi connectivity index (χ0) is 31.6. The molecule has 0 saturated carbocycles. The van der Waals surface area contributed by atoms with E-state index in [0.717, 1.165) is 61.1 Å². The third-order valence-electron chi connectivity index (χ3n) is 7.74. The number of aromatic nitrogens is 2. The van der Waals surface area contributed by atoms with Crippen molar-refractivity contribution in [2.45, 2.75) is 37.0 Å². The van der Waals surface area contributed by atoms with Crippen LogP contribution in [0.2, 0.25) is 17.3 Å². The molecule has 0 atom stereocenters. The first-order chi connectivity index (χ1) is 21.6. The van der Waals surface area contributed by atoms with Crippen LogP contribution >= 0.6 is 0 Å². The molecule has 0 saturated heterocycles. The Morgan fingerprint density at radius 1 is 0.756 bits per heavy atom. The topological polar surface area (TPSA) is 38.9 Å². The van der Waals surface area contributed by atoms with Crippen molar-refractivity contribution in [1.29, 1.82) is 0 Å². The summed E-state index contributed by atoms with van der Waals surface area (Å²) in [6, 6.07) is 43.2. The first-order valence-electron chi connectivity index (χ1n) is 15.4. The Labute approximate surface area is 283 Å². The average Bonchev–Trinajstić information content (AvgIpc) is 3.43. The summed E-state index contributed by atoms with van der Waals surface area (Å²) >= 11 is -1.72. The van der Waals surface area contributed by atoms with Gasteiger partial charge in [0.25, 0.3) is 0 Å². The molecule has 0 fully saturated rings. The van der Waals surface area contributed by atoms with Crippen LogP contribution in [-0.2, 0) is 20.1 Å². The third-order valence-corrected chi connectivity index (χ3v) is 12.0. The second-order valence-corrected chi connectivity index (χ2v) is 22.8. The number of nitrogens with zero attached hydrogens (tertiary/aromatic N) is 2. The van der Waals surface area contributed by atoms with Crippen LogP contribution in [0, 0.1) is 12.1 Å². The molecule has 0 amide bonds. The Kier molecular flexibility index (Phi) is 9.75. The molecule has 3 aromatic heterocycles. The van der Waals surface area contributed by atoms with Gasteiger partial charge in [0.1, 0.15) is 5.58 Å². The Morgan fingerprint density at radius 3 is 2.24 bits per heavy atom. The number of rotatable bonds is 5. The molecular weight excluding hydrogens is 789 g/mol. The van der Waals surface area contributed by atoms with Gasteiger partial charge in [-0.2, -0.15) is 0 Å². The molecule has 7 rings (SSSR count). The molecule has 0 N–H and O–H groups in total. The Bertz CT molecular complexity index is 2060. The Balaban J connectivity index is 0.000000209. The van der Waals surface area contributed by atoms with Crippen molar-refractivity contribution in [3.05, 3.63) is 139 Å². The molecule has 5 heteroatoms. The van der Waals surface area contributed by atoms with Gasteiger partial charge in [-0.1, -0.05) is 85.5 Å². The SMILES string of the molecule is [2H]C(C)(C)c1ccnc(-c2[c-]cc3c(c2)oc2c(-c4ccccc4)cccc23)c1.[CH3][Ge]([CH3])([CH3])[c]1ccc(-c2[c-]cccc2)nc1.[Ir]. The number of pyridine rings is 2. The van der Waals surface area contributed by atoms with E-state index in [2.05, 4.69) is 81.8 Å². The predicted octanol–water partition coefficient (Wildman–Crippen LogP) is 10.3. The van der Waals surface area contributed by atoms with Crippen molar-refractivity contribution < 1.29 is 25.9 Å². The molecule has 3 heterocycles. The van der Waals surface area contributed by atoms with E-state index in [4.69, 9.17) is 5.79 Å². The first-order valence-corrected chi connectivity index (χ1v) is 22.3. The van der Waals surface area contributed by atoms with Gasteiger partial charge in [0.15, 0.2) is 0 Å². The minimum Gasteiger partial charge on any atom is 0 e. The maximum absolute atomic E-state index is 8.29. The van der Waals surface area contributed by atoms with Gasteiger partial charge in [0, 0.05) is 33.2 Å². The van der Waals surface area contributed by atoms with Crippen LogP contribution in [0.5, 0.6) is 0 Å². The van der Waals surface area contributed by atoms with Crippen molar-refractivity contribution in [3.63, 3.8) is 0 Å². The summed E-state index contributed by atoms with van der Waals surface area (Å²) < 4.78 is 16.0. The molecule has 45 heavy (non-hydrogen) atoms. The van der Waals surface area contributed by atoms with Crippen LogP contribution in [0.4, 0.5) is 0 Å². The summed E-state index contributed by atoms with van der Waals surface area (Å²) in [4.78, 5) is 9.02. The number of hydrogen-bond donors (Lipinski definition) is 0. The number of para-hydroxylation sites is 1. The van der Waals surface area contributed by atoms with Crippen LogP contribution in [0.15, 0.2) is 126 Å². The minimum atomic E-state index is -1.72. The second-order valence-electron chi connectivity index (χ2n) is 12.2. The molecule has 0 aliphatic heterocycles.